The van der Waals surface area contributed by atoms with E-state index in [0.29, 0.717) is 0 Å². The molecule has 0 aliphatic rings. The summed E-state index contributed by atoms with van der Waals surface area (Å²) in [6.45, 7) is 4.86. The van der Waals surface area contributed by atoms with Crippen LogP contribution in [0.15, 0.2) is 30.3 Å². The molecule has 2 atom stereocenters. The molecule has 0 unspecified atom stereocenters. The Morgan fingerprint density at radius 2 is 1.88 bits per heavy atom. The van der Waals surface area contributed by atoms with Gasteiger partial charge in [-0.05, 0) is 12.5 Å². The number of amides is 2. The van der Waals surface area contributed by atoms with Crippen LogP contribution in [0.1, 0.15) is 26.3 Å². The zero-order valence-corrected chi connectivity index (χ0v) is 14.3. The van der Waals surface area contributed by atoms with Crippen molar-refractivity contribution < 1.29 is 24.5 Å². The van der Waals surface area contributed by atoms with Crippen LogP contribution in [-0.2, 0) is 16.1 Å². The van der Waals surface area contributed by atoms with Crippen LogP contribution in [0.5, 0.6) is 0 Å². The summed E-state index contributed by atoms with van der Waals surface area (Å²) in [7, 11) is 0. The lowest BCUT2D eigenvalue weighted by molar-refractivity contribution is -0.137. The monoisotopic (exact) mass is 338 g/mol. The Morgan fingerprint density at radius 1 is 1.25 bits per heavy atom. The molecule has 134 valence electrons. The number of benzene rings is 1. The van der Waals surface area contributed by atoms with Gasteiger partial charge in [-0.1, -0.05) is 44.2 Å². The van der Waals surface area contributed by atoms with Crippen molar-refractivity contribution in [1.82, 2.24) is 10.6 Å². The molecule has 0 saturated heterocycles. The van der Waals surface area contributed by atoms with E-state index in [-0.39, 0.29) is 19.8 Å². The van der Waals surface area contributed by atoms with E-state index in [1.54, 1.807) is 20.8 Å². The molecule has 0 aliphatic heterocycles. The van der Waals surface area contributed by atoms with Crippen LogP contribution < -0.4 is 10.6 Å². The van der Waals surface area contributed by atoms with Crippen LogP contribution >= 0.6 is 0 Å². The van der Waals surface area contributed by atoms with Gasteiger partial charge in [-0.3, -0.25) is 4.79 Å². The van der Waals surface area contributed by atoms with Gasteiger partial charge in [0.05, 0.1) is 6.61 Å². The molecule has 0 spiro atoms. The lowest BCUT2D eigenvalue weighted by atomic mass is 9.87. The lowest BCUT2D eigenvalue weighted by Crippen LogP contribution is -2.50. The van der Waals surface area contributed by atoms with Crippen LogP contribution in [0.25, 0.3) is 0 Å². The minimum atomic E-state index is -1.34. The maximum atomic E-state index is 11.9. The third kappa shape index (κ3) is 6.55. The lowest BCUT2D eigenvalue weighted by Gasteiger charge is -2.28. The Morgan fingerprint density at radius 3 is 2.46 bits per heavy atom. The molecule has 7 heteroatoms. The molecule has 0 fully saturated rings. The number of aliphatic hydroxyl groups is 2. The quantitative estimate of drug-likeness (QED) is 0.561. The number of nitrogens with one attached hydrogen (secondary N) is 2. The Kier molecular flexibility index (Phi) is 7.67. The van der Waals surface area contributed by atoms with Gasteiger partial charge in [0.2, 0.25) is 5.91 Å². The summed E-state index contributed by atoms with van der Waals surface area (Å²) in [5.41, 5.74) is -0.0605. The number of aliphatic hydroxyl groups excluding tert-OH is 2. The van der Waals surface area contributed by atoms with Crippen molar-refractivity contribution in [3.05, 3.63) is 35.9 Å². The van der Waals surface area contributed by atoms with E-state index in [1.165, 1.54) is 0 Å². The van der Waals surface area contributed by atoms with Crippen molar-refractivity contribution in [3.63, 3.8) is 0 Å². The van der Waals surface area contributed by atoms with E-state index in [9.17, 15) is 14.7 Å². The highest BCUT2D eigenvalue weighted by Gasteiger charge is 2.33. The van der Waals surface area contributed by atoms with Crippen molar-refractivity contribution in [2.24, 2.45) is 5.41 Å². The summed E-state index contributed by atoms with van der Waals surface area (Å²) in [6.07, 6.45) is -1.92. The normalized spacial score (nSPS) is 13.7. The molecule has 0 aromatic heterocycles. The largest absolute Gasteiger partial charge is 0.445 e. The van der Waals surface area contributed by atoms with Gasteiger partial charge >= 0.3 is 6.09 Å². The number of carbonyl (C=O) groups is 2. The van der Waals surface area contributed by atoms with Crippen LogP contribution in [0.4, 0.5) is 4.79 Å². The Hall–Kier alpha value is -2.12. The average molecular weight is 338 g/mol. The maximum Gasteiger partial charge on any atom is 0.407 e. The van der Waals surface area contributed by atoms with E-state index in [4.69, 9.17) is 9.84 Å². The van der Waals surface area contributed by atoms with Crippen molar-refractivity contribution in [2.75, 3.05) is 13.2 Å². The van der Waals surface area contributed by atoms with E-state index >= 15 is 0 Å². The van der Waals surface area contributed by atoms with Gasteiger partial charge in [0.15, 0.2) is 0 Å². The molecule has 24 heavy (non-hydrogen) atoms. The summed E-state index contributed by atoms with van der Waals surface area (Å²) < 4.78 is 5.06. The van der Waals surface area contributed by atoms with Crippen LogP contribution in [-0.4, -0.2) is 47.5 Å². The van der Waals surface area contributed by atoms with Gasteiger partial charge in [0, 0.05) is 18.0 Å². The first-order valence-electron chi connectivity index (χ1n) is 7.80. The molecule has 0 heterocycles. The van der Waals surface area contributed by atoms with Gasteiger partial charge in [-0.2, -0.15) is 0 Å². The fraction of sp³-hybridized carbons (Fsp3) is 0.529. The SMILES string of the molecule is C[C@@H](CNC(=O)OCc1ccccc1)NC(=O)[C@H](O)C(C)(C)CO. The number of hydrogen-bond acceptors (Lipinski definition) is 5. The molecule has 0 aliphatic carbocycles. The molecule has 0 saturated carbocycles. The Balaban J connectivity index is 2.31. The van der Waals surface area contributed by atoms with Crippen molar-refractivity contribution >= 4 is 12.0 Å². The van der Waals surface area contributed by atoms with Gasteiger partial charge in [-0.15, -0.1) is 0 Å². The predicted octanol–water partition coefficient (Wildman–Crippen LogP) is 0.797. The van der Waals surface area contributed by atoms with E-state index < -0.39 is 29.6 Å². The van der Waals surface area contributed by atoms with Gasteiger partial charge in [-0.25, -0.2) is 4.79 Å². The standard InChI is InChI=1S/C17H26N2O5/c1-12(19-15(22)14(21)17(2,3)11-20)9-18-16(23)24-10-13-7-5-4-6-8-13/h4-8,12,14,20-21H,9-11H2,1-3H3,(H,18,23)(H,19,22)/t12-,14-/m0/s1. The van der Waals surface area contributed by atoms with Gasteiger partial charge in [0.1, 0.15) is 12.7 Å². The average Bonchev–Trinajstić information content (AvgIpc) is 2.58. The summed E-state index contributed by atoms with van der Waals surface area (Å²) in [5, 5.41) is 24.2. The fourth-order valence-electron chi connectivity index (χ4n) is 1.82. The van der Waals surface area contributed by atoms with Crippen molar-refractivity contribution in [3.8, 4) is 0 Å². The summed E-state index contributed by atoms with van der Waals surface area (Å²) in [6, 6.07) is 8.88. The molecule has 0 radical (unpaired) electrons. The topological polar surface area (TPSA) is 108 Å². The molecule has 4 N–H and O–H groups in total. The van der Waals surface area contributed by atoms with Gasteiger partial charge in [0.25, 0.3) is 0 Å². The van der Waals surface area contributed by atoms with Crippen molar-refractivity contribution in [2.45, 2.75) is 39.5 Å². The molecule has 1 aromatic carbocycles. The van der Waals surface area contributed by atoms with Crippen LogP contribution in [0.3, 0.4) is 0 Å². The van der Waals surface area contributed by atoms with E-state index in [1.807, 2.05) is 30.3 Å². The summed E-state index contributed by atoms with van der Waals surface area (Å²) in [4.78, 5) is 23.5. The zero-order valence-electron chi connectivity index (χ0n) is 14.3. The Bertz CT molecular complexity index is 533. The summed E-state index contributed by atoms with van der Waals surface area (Å²) >= 11 is 0. The first-order chi connectivity index (χ1) is 11.3. The zero-order chi connectivity index (χ0) is 18.2. The number of ether oxygens (including phenoxy) is 1. The molecule has 7 nitrogen and oxygen atoms in total. The number of carbonyl (C=O) groups excluding carboxylic acids is 2. The highest BCUT2D eigenvalue weighted by molar-refractivity contribution is 5.81. The minimum absolute atomic E-state index is 0.158. The highest BCUT2D eigenvalue weighted by Crippen LogP contribution is 2.19. The first-order valence-corrected chi connectivity index (χ1v) is 7.80. The predicted molar refractivity (Wildman–Crippen MR) is 89.1 cm³/mol. The number of rotatable bonds is 8. The van der Waals surface area contributed by atoms with Gasteiger partial charge < -0.3 is 25.6 Å². The second kappa shape index (κ2) is 9.24. The van der Waals surface area contributed by atoms with Crippen molar-refractivity contribution in [1.29, 1.82) is 0 Å². The minimum Gasteiger partial charge on any atom is -0.445 e. The second-order valence-corrected chi connectivity index (χ2v) is 6.40. The Labute approximate surface area is 142 Å². The molecular formula is C17H26N2O5. The fourth-order valence-corrected chi connectivity index (χ4v) is 1.82. The van der Waals surface area contributed by atoms with E-state index in [2.05, 4.69) is 10.6 Å². The number of hydrogen-bond donors (Lipinski definition) is 4. The molecule has 1 rings (SSSR count). The second-order valence-electron chi connectivity index (χ2n) is 6.40. The first kappa shape index (κ1) is 19.9. The highest BCUT2D eigenvalue weighted by atomic mass is 16.5. The molecule has 0 bridgehead atoms. The van der Waals surface area contributed by atoms with Crippen LogP contribution in [0, 0.1) is 5.41 Å². The third-order valence-electron chi connectivity index (χ3n) is 3.55. The molecular weight excluding hydrogens is 312 g/mol. The summed E-state index contributed by atoms with van der Waals surface area (Å²) in [5.74, 6) is -0.596. The molecule has 1 aromatic rings. The van der Waals surface area contributed by atoms with E-state index in [0.717, 1.165) is 5.56 Å². The third-order valence-corrected chi connectivity index (χ3v) is 3.55. The number of alkyl carbamates (subject to hydrolysis) is 1. The smallest absolute Gasteiger partial charge is 0.407 e. The maximum absolute atomic E-state index is 11.9. The van der Waals surface area contributed by atoms with Crippen LogP contribution in [0.2, 0.25) is 0 Å². The molecule has 2 amide bonds.